The molecule has 34 heavy (non-hydrogen) atoms. The van der Waals surface area contributed by atoms with Crippen molar-refractivity contribution in [2.75, 3.05) is 0 Å². The van der Waals surface area contributed by atoms with Crippen LogP contribution >= 0.6 is 0 Å². The highest BCUT2D eigenvalue weighted by Gasteiger charge is 2.46. The number of hydrogen-bond acceptors (Lipinski definition) is 3. The Balaban J connectivity index is 1.83. The smallest absolute Gasteiger partial charge is 0.416 e. The number of aliphatic hydroxyl groups is 1. The average molecular weight is 465 g/mol. The van der Waals surface area contributed by atoms with Crippen LogP contribution in [0.3, 0.4) is 0 Å². The first-order chi connectivity index (χ1) is 16.1. The number of nitrogens with zero attached hydrogens (tertiary/aromatic N) is 1. The Morgan fingerprint density at radius 1 is 0.912 bits per heavy atom. The van der Waals surface area contributed by atoms with Gasteiger partial charge in [-0.3, -0.25) is 9.59 Å². The van der Waals surface area contributed by atoms with Gasteiger partial charge in [-0.25, -0.2) is 0 Å². The lowest BCUT2D eigenvalue weighted by Crippen LogP contribution is -2.29. The van der Waals surface area contributed by atoms with Gasteiger partial charge in [0.2, 0.25) is 0 Å². The minimum atomic E-state index is -4.54. The molecule has 0 spiro atoms. The topological polar surface area (TPSA) is 57.6 Å². The van der Waals surface area contributed by atoms with Crippen molar-refractivity contribution in [2.24, 2.45) is 0 Å². The number of carbonyl (C=O) groups is 2. The summed E-state index contributed by atoms with van der Waals surface area (Å²) in [5, 5.41) is 11.1. The minimum absolute atomic E-state index is 0.0913. The summed E-state index contributed by atoms with van der Waals surface area (Å²) in [6, 6.07) is 17.6. The van der Waals surface area contributed by atoms with Gasteiger partial charge < -0.3 is 10.0 Å². The SMILES string of the molecule is Cc1ccc(/C(O)=C2\C(=O)C(=O)N(Cc3cccc(C(F)(F)F)c3)C2c2ccccc2)cc1C. The maximum Gasteiger partial charge on any atom is 0.416 e. The fourth-order valence-corrected chi connectivity index (χ4v) is 4.11. The quantitative estimate of drug-likeness (QED) is 0.295. The highest BCUT2D eigenvalue weighted by Crippen LogP contribution is 2.40. The molecule has 174 valence electrons. The molecule has 1 atom stereocenters. The number of benzene rings is 3. The van der Waals surface area contributed by atoms with E-state index in [1.807, 2.05) is 13.8 Å². The Kier molecular flexibility index (Phi) is 6.04. The van der Waals surface area contributed by atoms with E-state index < -0.39 is 29.5 Å². The highest BCUT2D eigenvalue weighted by atomic mass is 19.4. The van der Waals surface area contributed by atoms with Gasteiger partial charge in [0.1, 0.15) is 5.76 Å². The van der Waals surface area contributed by atoms with Crippen molar-refractivity contribution in [3.8, 4) is 0 Å². The van der Waals surface area contributed by atoms with Crippen molar-refractivity contribution in [2.45, 2.75) is 32.6 Å². The summed E-state index contributed by atoms with van der Waals surface area (Å²) < 4.78 is 39.6. The van der Waals surface area contributed by atoms with Crippen molar-refractivity contribution in [3.05, 3.63) is 112 Å². The summed E-state index contributed by atoms with van der Waals surface area (Å²) in [5.74, 6) is -2.07. The van der Waals surface area contributed by atoms with Gasteiger partial charge >= 0.3 is 6.18 Å². The Morgan fingerprint density at radius 2 is 1.62 bits per heavy atom. The van der Waals surface area contributed by atoms with Crippen LogP contribution < -0.4 is 0 Å². The molecule has 1 aliphatic heterocycles. The minimum Gasteiger partial charge on any atom is -0.507 e. The van der Waals surface area contributed by atoms with E-state index in [2.05, 4.69) is 0 Å². The van der Waals surface area contributed by atoms with Gasteiger partial charge in [0.05, 0.1) is 17.2 Å². The fourth-order valence-electron chi connectivity index (χ4n) is 4.11. The maximum atomic E-state index is 13.2. The van der Waals surface area contributed by atoms with Crippen LogP contribution in [-0.4, -0.2) is 21.7 Å². The van der Waals surface area contributed by atoms with Gasteiger partial charge in [-0.05, 0) is 54.3 Å². The fraction of sp³-hybridized carbons (Fsp3) is 0.185. The Labute approximate surface area is 195 Å². The van der Waals surface area contributed by atoms with Gasteiger partial charge in [0.25, 0.3) is 11.7 Å². The van der Waals surface area contributed by atoms with Crippen LogP contribution in [0.15, 0.2) is 78.4 Å². The molecule has 0 saturated carbocycles. The largest absolute Gasteiger partial charge is 0.507 e. The number of aliphatic hydroxyl groups excluding tert-OH is 1. The van der Waals surface area contributed by atoms with E-state index in [4.69, 9.17) is 0 Å². The van der Waals surface area contributed by atoms with Gasteiger partial charge in [0.15, 0.2) is 0 Å². The van der Waals surface area contributed by atoms with Gasteiger partial charge in [-0.1, -0.05) is 54.6 Å². The third-order valence-corrected chi connectivity index (χ3v) is 6.04. The Morgan fingerprint density at radius 3 is 2.26 bits per heavy atom. The highest BCUT2D eigenvalue weighted by molar-refractivity contribution is 6.46. The average Bonchev–Trinajstić information content (AvgIpc) is 3.05. The number of amides is 1. The number of aryl methyl sites for hydroxylation is 2. The van der Waals surface area contributed by atoms with E-state index in [9.17, 15) is 27.9 Å². The second-order valence-electron chi connectivity index (χ2n) is 8.33. The summed E-state index contributed by atoms with van der Waals surface area (Å²) in [6.07, 6.45) is -4.54. The predicted molar refractivity (Wildman–Crippen MR) is 122 cm³/mol. The molecule has 4 rings (SSSR count). The molecule has 1 amide bonds. The van der Waals surface area contributed by atoms with E-state index in [1.54, 1.807) is 48.5 Å². The monoisotopic (exact) mass is 465 g/mol. The molecule has 3 aromatic rings. The van der Waals surface area contributed by atoms with Crippen LogP contribution in [0.5, 0.6) is 0 Å². The first kappa shape index (κ1) is 23.3. The van der Waals surface area contributed by atoms with E-state index in [-0.39, 0.29) is 23.4 Å². The molecule has 7 heteroatoms. The van der Waals surface area contributed by atoms with E-state index in [1.165, 1.54) is 17.0 Å². The Bertz CT molecular complexity index is 1300. The molecule has 1 N–H and O–H groups in total. The molecule has 1 aliphatic rings. The maximum absolute atomic E-state index is 13.2. The van der Waals surface area contributed by atoms with E-state index >= 15 is 0 Å². The van der Waals surface area contributed by atoms with Crippen molar-refractivity contribution >= 4 is 17.4 Å². The van der Waals surface area contributed by atoms with Crippen LogP contribution in [0.1, 0.15) is 39.4 Å². The van der Waals surface area contributed by atoms with E-state index in [0.717, 1.165) is 23.3 Å². The molecular weight excluding hydrogens is 443 g/mol. The zero-order valence-corrected chi connectivity index (χ0v) is 18.6. The molecule has 0 bridgehead atoms. The normalized spacial score (nSPS) is 17.9. The van der Waals surface area contributed by atoms with Crippen molar-refractivity contribution < 1.29 is 27.9 Å². The lowest BCUT2D eigenvalue weighted by Gasteiger charge is -2.25. The summed E-state index contributed by atoms with van der Waals surface area (Å²) in [7, 11) is 0. The lowest BCUT2D eigenvalue weighted by atomic mass is 9.94. The molecule has 3 aromatic carbocycles. The van der Waals surface area contributed by atoms with Crippen LogP contribution in [0.4, 0.5) is 13.2 Å². The molecule has 1 heterocycles. The van der Waals surface area contributed by atoms with Gasteiger partial charge in [-0.15, -0.1) is 0 Å². The van der Waals surface area contributed by atoms with Crippen molar-refractivity contribution in [1.29, 1.82) is 0 Å². The van der Waals surface area contributed by atoms with Crippen molar-refractivity contribution in [1.82, 2.24) is 4.90 Å². The molecule has 1 unspecified atom stereocenters. The third kappa shape index (κ3) is 4.33. The number of rotatable bonds is 4. The van der Waals surface area contributed by atoms with Crippen LogP contribution in [0.2, 0.25) is 0 Å². The second kappa shape index (κ2) is 8.82. The van der Waals surface area contributed by atoms with E-state index in [0.29, 0.717) is 11.1 Å². The summed E-state index contributed by atoms with van der Waals surface area (Å²) in [5.41, 5.74) is 2.16. The standard InChI is InChI=1S/C27H22F3NO3/c1-16-11-12-20(13-17(16)2)24(32)22-23(19-8-4-3-5-9-19)31(26(34)25(22)33)15-18-7-6-10-21(14-18)27(28,29)30/h3-14,23,32H,15H2,1-2H3/b24-22+. The summed E-state index contributed by atoms with van der Waals surface area (Å²) >= 11 is 0. The number of ketones is 1. The molecule has 0 radical (unpaired) electrons. The zero-order valence-electron chi connectivity index (χ0n) is 18.6. The third-order valence-electron chi connectivity index (χ3n) is 6.04. The summed E-state index contributed by atoms with van der Waals surface area (Å²) in [6.45, 7) is 3.56. The zero-order chi connectivity index (χ0) is 24.6. The molecule has 4 nitrogen and oxygen atoms in total. The first-order valence-electron chi connectivity index (χ1n) is 10.6. The number of carbonyl (C=O) groups excluding carboxylic acids is 2. The Hall–Kier alpha value is -3.87. The number of hydrogen-bond donors (Lipinski definition) is 1. The van der Waals surface area contributed by atoms with Crippen LogP contribution in [-0.2, 0) is 22.3 Å². The first-order valence-corrected chi connectivity index (χ1v) is 10.6. The van der Waals surface area contributed by atoms with Crippen molar-refractivity contribution in [3.63, 3.8) is 0 Å². The summed E-state index contributed by atoms with van der Waals surface area (Å²) in [4.78, 5) is 27.4. The van der Waals surface area contributed by atoms with Crippen LogP contribution in [0.25, 0.3) is 5.76 Å². The predicted octanol–water partition coefficient (Wildman–Crippen LogP) is 5.94. The lowest BCUT2D eigenvalue weighted by molar-refractivity contribution is -0.140. The number of likely N-dealkylation sites (tertiary alicyclic amines) is 1. The number of alkyl halides is 3. The van der Waals surface area contributed by atoms with Crippen LogP contribution in [0, 0.1) is 13.8 Å². The molecule has 0 aliphatic carbocycles. The molecule has 0 aromatic heterocycles. The molecule has 1 saturated heterocycles. The second-order valence-corrected chi connectivity index (χ2v) is 8.33. The molecular formula is C27H22F3NO3. The molecule has 1 fully saturated rings. The van der Waals surface area contributed by atoms with Gasteiger partial charge in [-0.2, -0.15) is 13.2 Å². The number of halogens is 3. The van der Waals surface area contributed by atoms with Gasteiger partial charge in [0, 0.05) is 12.1 Å². The number of Topliss-reactive ketones (excluding diaryl/α,β-unsaturated/α-hetero) is 1.